The summed E-state index contributed by atoms with van der Waals surface area (Å²) in [5, 5.41) is 0. The Hall–Kier alpha value is -1.15. The molecule has 1 aromatic rings. The highest BCUT2D eigenvalue weighted by atomic mass is 16.5. The van der Waals surface area contributed by atoms with E-state index < -0.39 is 0 Å². The van der Waals surface area contributed by atoms with Crippen LogP contribution in [0.5, 0.6) is 0 Å². The zero-order chi connectivity index (χ0) is 15.6. The van der Waals surface area contributed by atoms with Crippen molar-refractivity contribution in [2.45, 2.75) is 71.4 Å². The molecule has 0 aliphatic carbocycles. The molecule has 2 heteroatoms. The number of benzene rings is 1. The van der Waals surface area contributed by atoms with E-state index in [4.69, 9.17) is 9.73 Å². The molecule has 0 radical (unpaired) electrons. The first-order valence-electron chi connectivity index (χ1n) is 8.88. The van der Waals surface area contributed by atoms with E-state index in [2.05, 4.69) is 45.0 Å². The van der Waals surface area contributed by atoms with E-state index in [1.165, 1.54) is 42.5 Å². The van der Waals surface area contributed by atoms with Gasteiger partial charge in [0.15, 0.2) is 5.72 Å². The second-order valence-electron chi connectivity index (χ2n) is 7.51. The Labute approximate surface area is 135 Å². The number of nitrogens with zero attached hydrogens (tertiary/aromatic N) is 1. The molecule has 1 saturated heterocycles. The topological polar surface area (TPSA) is 21.6 Å². The van der Waals surface area contributed by atoms with E-state index in [9.17, 15) is 0 Å². The Balaban J connectivity index is 1.74. The largest absolute Gasteiger partial charge is 0.353 e. The van der Waals surface area contributed by atoms with Gasteiger partial charge in [-0.2, -0.15) is 0 Å². The molecule has 1 atom stereocenters. The first-order chi connectivity index (χ1) is 10.6. The minimum Gasteiger partial charge on any atom is -0.353 e. The highest BCUT2D eigenvalue weighted by molar-refractivity contribution is 6.02. The molecule has 2 nitrogen and oxygen atoms in total. The average Bonchev–Trinajstić information content (AvgIpc) is 3.07. The fraction of sp³-hybridized carbons (Fsp3) is 0.650. The van der Waals surface area contributed by atoms with Gasteiger partial charge in [-0.15, -0.1) is 0 Å². The molecule has 0 amide bonds. The molecule has 1 unspecified atom stereocenters. The molecular weight excluding hydrogens is 270 g/mol. The van der Waals surface area contributed by atoms with Crippen LogP contribution in [-0.4, -0.2) is 18.0 Å². The quantitative estimate of drug-likeness (QED) is 0.689. The predicted molar refractivity (Wildman–Crippen MR) is 92.5 cm³/mol. The third-order valence-electron chi connectivity index (χ3n) is 5.34. The van der Waals surface area contributed by atoms with Crippen molar-refractivity contribution in [2.75, 3.05) is 6.61 Å². The van der Waals surface area contributed by atoms with Crippen molar-refractivity contribution in [3.63, 3.8) is 0 Å². The predicted octanol–water partition coefficient (Wildman–Crippen LogP) is 5.15. The van der Waals surface area contributed by atoms with Crippen molar-refractivity contribution in [3.8, 4) is 0 Å². The lowest BCUT2D eigenvalue weighted by molar-refractivity contribution is -0.0654. The summed E-state index contributed by atoms with van der Waals surface area (Å²) in [6.45, 7) is 7.71. The summed E-state index contributed by atoms with van der Waals surface area (Å²) in [4.78, 5) is 5.04. The summed E-state index contributed by atoms with van der Waals surface area (Å²) in [5.74, 6) is 0. The molecule has 3 rings (SSSR count). The van der Waals surface area contributed by atoms with Crippen molar-refractivity contribution in [3.05, 3.63) is 35.4 Å². The summed E-state index contributed by atoms with van der Waals surface area (Å²) >= 11 is 0. The molecular formula is C20H29NO. The maximum absolute atomic E-state index is 6.07. The summed E-state index contributed by atoms with van der Waals surface area (Å²) < 4.78 is 6.07. The van der Waals surface area contributed by atoms with E-state index in [1.807, 2.05) is 0 Å². The smallest absolute Gasteiger partial charge is 0.164 e. The van der Waals surface area contributed by atoms with Gasteiger partial charge in [0.2, 0.25) is 0 Å². The van der Waals surface area contributed by atoms with Crippen molar-refractivity contribution >= 4 is 5.71 Å². The van der Waals surface area contributed by atoms with E-state index in [-0.39, 0.29) is 11.1 Å². The molecule has 0 saturated carbocycles. The van der Waals surface area contributed by atoms with Gasteiger partial charge in [0.05, 0.1) is 0 Å². The number of hydrogen-bond acceptors (Lipinski definition) is 2. The van der Waals surface area contributed by atoms with Gasteiger partial charge < -0.3 is 4.74 Å². The van der Waals surface area contributed by atoms with Crippen LogP contribution in [0.3, 0.4) is 0 Å². The molecule has 1 spiro atoms. The van der Waals surface area contributed by atoms with Crippen molar-refractivity contribution in [1.29, 1.82) is 0 Å². The first kappa shape index (κ1) is 15.7. The summed E-state index contributed by atoms with van der Waals surface area (Å²) in [7, 11) is 0. The Morgan fingerprint density at radius 2 is 1.91 bits per heavy atom. The molecule has 120 valence electrons. The molecule has 0 N–H and O–H groups in total. The third kappa shape index (κ3) is 2.86. The monoisotopic (exact) mass is 299 g/mol. The van der Waals surface area contributed by atoms with Crippen molar-refractivity contribution < 1.29 is 4.74 Å². The van der Waals surface area contributed by atoms with Gasteiger partial charge in [-0.3, -0.25) is 4.99 Å². The van der Waals surface area contributed by atoms with Gasteiger partial charge in [0.25, 0.3) is 0 Å². The molecule has 0 aromatic heterocycles. The van der Waals surface area contributed by atoms with Gasteiger partial charge in [-0.05, 0) is 43.2 Å². The van der Waals surface area contributed by atoms with Gasteiger partial charge in [0.1, 0.15) is 0 Å². The van der Waals surface area contributed by atoms with Crippen LogP contribution in [0, 0.1) is 5.41 Å². The summed E-state index contributed by atoms with van der Waals surface area (Å²) in [6, 6.07) is 9.07. The minimum absolute atomic E-state index is 0.110. The minimum atomic E-state index is -0.262. The number of rotatable bonds is 5. The maximum Gasteiger partial charge on any atom is 0.164 e. The van der Waals surface area contributed by atoms with Gasteiger partial charge in [-0.1, -0.05) is 57.9 Å². The maximum atomic E-state index is 6.07. The van der Waals surface area contributed by atoms with E-state index >= 15 is 0 Å². The number of ether oxygens (including phenoxy) is 1. The number of unbranched alkanes of at least 4 members (excludes halogenated alkanes) is 2. The normalized spacial score (nSPS) is 26.6. The summed E-state index contributed by atoms with van der Waals surface area (Å²) in [5.41, 5.74) is 3.80. The molecule has 2 aliphatic heterocycles. The standard InChI is InChI=1S/C20H29NO/c1-4-5-6-8-16-9-11-17(12-10-16)18-15-19(2,3)20(21-18)13-7-14-22-20/h9-12H,4-8,13-15H2,1-3H3. The molecule has 1 fully saturated rings. The average molecular weight is 299 g/mol. The number of aliphatic imine (C=N–C) groups is 1. The lowest BCUT2D eigenvalue weighted by Crippen LogP contribution is -2.38. The Morgan fingerprint density at radius 3 is 2.55 bits per heavy atom. The van der Waals surface area contributed by atoms with Gasteiger partial charge >= 0.3 is 0 Å². The zero-order valence-corrected chi connectivity index (χ0v) is 14.3. The van der Waals surface area contributed by atoms with Crippen LogP contribution in [0.2, 0.25) is 0 Å². The fourth-order valence-electron chi connectivity index (χ4n) is 3.82. The van der Waals surface area contributed by atoms with Crippen molar-refractivity contribution in [1.82, 2.24) is 0 Å². The van der Waals surface area contributed by atoms with Gasteiger partial charge in [-0.25, -0.2) is 0 Å². The van der Waals surface area contributed by atoms with Crippen LogP contribution in [-0.2, 0) is 11.2 Å². The summed E-state index contributed by atoms with van der Waals surface area (Å²) in [6.07, 6.45) is 8.31. The first-order valence-corrected chi connectivity index (χ1v) is 8.88. The highest BCUT2D eigenvalue weighted by Gasteiger charge is 2.53. The van der Waals surface area contributed by atoms with Crippen LogP contribution in [0.1, 0.15) is 70.4 Å². The number of aryl methyl sites for hydroxylation is 1. The Morgan fingerprint density at radius 1 is 1.14 bits per heavy atom. The molecule has 0 bridgehead atoms. The van der Waals surface area contributed by atoms with Crippen LogP contribution in [0.25, 0.3) is 0 Å². The van der Waals surface area contributed by atoms with Crippen LogP contribution < -0.4 is 0 Å². The SMILES string of the molecule is CCCCCc1ccc(C2=NC3(CCCO3)C(C)(C)C2)cc1. The van der Waals surface area contributed by atoms with Gasteiger partial charge in [0, 0.05) is 17.7 Å². The second kappa shape index (κ2) is 6.16. The van der Waals surface area contributed by atoms with Crippen LogP contribution >= 0.6 is 0 Å². The van der Waals surface area contributed by atoms with Crippen molar-refractivity contribution in [2.24, 2.45) is 10.4 Å². The van der Waals surface area contributed by atoms with E-state index in [0.717, 1.165) is 25.9 Å². The molecule has 1 aromatic carbocycles. The Bertz CT molecular complexity index is 535. The third-order valence-corrected chi connectivity index (χ3v) is 5.34. The fourth-order valence-corrected chi connectivity index (χ4v) is 3.82. The zero-order valence-electron chi connectivity index (χ0n) is 14.3. The molecule has 2 heterocycles. The lowest BCUT2D eigenvalue weighted by Gasteiger charge is -2.34. The second-order valence-corrected chi connectivity index (χ2v) is 7.51. The Kier molecular flexibility index (Phi) is 4.40. The van der Waals surface area contributed by atoms with E-state index in [1.54, 1.807) is 0 Å². The van der Waals surface area contributed by atoms with Crippen LogP contribution in [0.15, 0.2) is 29.3 Å². The van der Waals surface area contributed by atoms with E-state index in [0.29, 0.717) is 0 Å². The highest BCUT2D eigenvalue weighted by Crippen LogP contribution is 2.50. The number of hydrogen-bond donors (Lipinski definition) is 0. The molecule has 22 heavy (non-hydrogen) atoms. The lowest BCUT2D eigenvalue weighted by atomic mass is 9.78. The van der Waals surface area contributed by atoms with Crippen LogP contribution in [0.4, 0.5) is 0 Å². The molecule has 2 aliphatic rings.